The number of hydrogen-bond donors (Lipinski definition) is 1. The van der Waals surface area contributed by atoms with Gasteiger partial charge in [0, 0.05) is 0 Å². The molecule has 1 unspecified atom stereocenters. The van der Waals surface area contributed by atoms with Crippen LogP contribution in [0.4, 0.5) is 0 Å². The predicted molar refractivity (Wildman–Crippen MR) is 90.5 cm³/mol. The highest BCUT2D eigenvalue weighted by Gasteiger charge is 2.40. The van der Waals surface area contributed by atoms with Crippen molar-refractivity contribution in [3.05, 3.63) is 84.4 Å². The fourth-order valence-electron chi connectivity index (χ4n) is 2.96. The van der Waals surface area contributed by atoms with Gasteiger partial charge in [-0.25, -0.2) is 4.98 Å². The quantitative estimate of drug-likeness (QED) is 0.726. The molecule has 24 heavy (non-hydrogen) atoms. The van der Waals surface area contributed by atoms with Crippen molar-refractivity contribution >= 4 is 5.97 Å². The van der Waals surface area contributed by atoms with Gasteiger partial charge in [0.2, 0.25) is 0 Å². The summed E-state index contributed by atoms with van der Waals surface area (Å²) in [5, 5.41) is 14.2. The van der Waals surface area contributed by atoms with Crippen LogP contribution in [0.2, 0.25) is 0 Å². The average molecular weight is 321 g/mol. The molecule has 3 rings (SSSR count). The van der Waals surface area contributed by atoms with Crippen LogP contribution in [-0.2, 0) is 23.2 Å². The average Bonchev–Trinajstić information content (AvgIpc) is 3.13. The first-order valence-corrected chi connectivity index (χ1v) is 7.86. The second-order valence-electron chi connectivity index (χ2n) is 5.83. The number of rotatable bonds is 7. The molecule has 122 valence electrons. The van der Waals surface area contributed by atoms with Crippen molar-refractivity contribution in [3.8, 4) is 0 Å². The molecule has 0 aliphatic rings. The molecule has 2 aromatic carbocycles. The second kappa shape index (κ2) is 7.08. The summed E-state index contributed by atoms with van der Waals surface area (Å²) in [4.78, 5) is 16.2. The van der Waals surface area contributed by atoms with Gasteiger partial charge in [-0.3, -0.25) is 9.48 Å². The monoisotopic (exact) mass is 321 g/mol. The number of benzene rings is 2. The highest BCUT2D eigenvalue weighted by atomic mass is 16.4. The number of hydrogen-bond acceptors (Lipinski definition) is 3. The summed E-state index contributed by atoms with van der Waals surface area (Å²) >= 11 is 0. The lowest BCUT2D eigenvalue weighted by molar-refractivity contribution is -0.145. The lowest BCUT2D eigenvalue weighted by Crippen LogP contribution is -2.41. The maximum atomic E-state index is 12.3. The van der Waals surface area contributed by atoms with E-state index in [1.54, 1.807) is 11.0 Å². The first kappa shape index (κ1) is 15.9. The molecule has 0 amide bonds. The molecular weight excluding hydrogens is 302 g/mol. The Hall–Kier alpha value is -2.95. The van der Waals surface area contributed by atoms with E-state index in [0.29, 0.717) is 12.8 Å². The van der Waals surface area contributed by atoms with Gasteiger partial charge in [0.15, 0.2) is 0 Å². The van der Waals surface area contributed by atoms with Crippen LogP contribution in [0, 0.1) is 0 Å². The first-order valence-electron chi connectivity index (χ1n) is 7.86. The summed E-state index contributed by atoms with van der Waals surface area (Å²) in [6.07, 6.45) is 4.14. The Morgan fingerprint density at radius 1 is 1.04 bits per heavy atom. The molecule has 0 bridgehead atoms. The van der Waals surface area contributed by atoms with Crippen molar-refractivity contribution in [1.82, 2.24) is 14.8 Å². The summed E-state index contributed by atoms with van der Waals surface area (Å²) in [6.45, 7) is 0.249. The van der Waals surface area contributed by atoms with E-state index >= 15 is 0 Å². The van der Waals surface area contributed by atoms with E-state index < -0.39 is 11.4 Å². The number of aromatic nitrogens is 3. The summed E-state index contributed by atoms with van der Waals surface area (Å²) < 4.78 is 1.59. The Labute approximate surface area is 140 Å². The molecule has 1 N–H and O–H groups in total. The van der Waals surface area contributed by atoms with Gasteiger partial charge in [-0.05, 0) is 24.0 Å². The largest absolute Gasteiger partial charge is 0.481 e. The molecule has 0 radical (unpaired) electrons. The van der Waals surface area contributed by atoms with E-state index in [0.717, 1.165) is 11.1 Å². The van der Waals surface area contributed by atoms with Crippen molar-refractivity contribution in [3.63, 3.8) is 0 Å². The minimum Gasteiger partial charge on any atom is -0.481 e. The van der Waals surface area contributed by atoms with Gasteiger partial charge in [-0.1, -0.05) is 60.7 Å². The lowest BCUT2D eigenvalue weighted by atomic mass is 9.75. The molecule has 0 saturated carbocycles. The van der Waals surface area contributed by atoms with Gasteiger partial charge in [-0.2, -0.15) is 5.10 Å². The number of carboxylic acid groups (broad SMARTS) is 1. The molecule has 0 saturated heterocycles. The molecule has 1 heterocycles. The Kier molecular flexibility index (Phi) is 4.70. The van der Waals surface area contributed by atoms with E-state index in [2.05, 4.69) is 10.1 Å². The molecule has 0 aliphatic carbocycles. The smallest absolute Gasteiger partial charge is 0.316 e. The second-order valence-corrected chi connectivity index (χ2v) is 5.83. The van der Waals surface area contributed by atoms with Crippen LogP contribution >= 0.6 is 0 Å². The third kappa shape index (κ3) is 3.35. The van der Waals surface area contributed by atoms with E-state index in [-0.39, 0.29) is 6.54 Å². The van der Waals surface area contributed by atoms with Crippen molar-refractivity contribution < 1.29 is 9.90 Å². The first-order chi connectivity index (χ1) is 11.7. The van der Waals surface area contributed by atoms with E-state index in [1.165, 1.54) is 6.33 Å². The Balaban J connectivity index is 1.96. The molecule has 0 fully saturated rings. The molecule has 5 nitrogen and oxygen atoms in total. The van der Waals surface area contributed by atoms with Crippen LogP contribution in [0.3, 0.4) is 0 Å². The summed E-state index contributed by atoms with van der Waals surface area (Å²) in [7, 11) is 0. The lowest BCUT2D eigenvalue weighted by Gasteiger charge is -2.30. The van der Waals surface area contributed by atoms with Crippen LogP contribution in [0.5, 0.6) is 0 Å². The summed E-state index contributed by atoms with van der Waals surface area (Å²) in [6, 6.07) is 19.3. The zero-order valence-corrected chi connectivity index (χ0v) is 13.2. The predicted octanol–water partition coefficient (Wildman–Crippen LogP) is 2.93. The Morgan fingerprint density at radius 2 is 1.71 bits per heavy atom. The third-order valence-corrected chi connectivity index (χ3v) is 4.32. The summed E-state index contributed by atoms with van der Waals surface area (Å²) in [5.74, 6) is -0.847. The van der Waals surface area contributed by atoms with E-state index in [4.69, 9.17) is 0 Å². The zero-order chi connectivity index (χ0) is 16.8. The number of carboxylic acids is 1. The molecule has 3 aromatic rings. The minimum atomic E-state index is -1.05. The normalized spacial score (nSPS) is 13.3. The van der Waals surface area contributed by atoms with E-state index in [1.807, 2.05) is 60.7 Å². The number of carbonyl (C=O) groups is 1. The van der Waals surface area contributed by atoms with Crippen molar-refractivity contribution in [2.45, 2.75) is 24.8 Å². The topological polar surface area (TPSA) is 68.0 Å². The van der Waals surface area contributed by atoms with Gasteiger partial charge in [0.25, 0.3) is 0 Å². The van der Waals surface area contributed by atoms with Gasteiger partial charge in [0.1, 0.15) is 18.1 Å². The molecule has 1 aromatic heterocycles. The SMILES string of the molecule is O=C(O)C(CCc1ccccc1)(Cn1cncn1)c1ccccc1. The Morgan fingerprint density at radius 3 is 2.29 bits per heavy atom. The van der Waals surface area contributed by atoms with Crippen molar-refractivity contribution in [2.24, 2.45) is 0 Å². The fraction of sp³-hybridized carbons (Fsp3) is 0.211. The maximum absolute atomic E-state index is 12.3. The van der Waals surface area contributed by atoms with Crippen LogP contribution in [0.1, 0.15) is 17.5 Å². The van der Waals surface area contributed by atoms with Gasteiger partial charge in [-0.15, -0.1) is 0 Å². The highest BCUT2D eigenvalue weighted by Crippen LogP contribution is 2.32. The van der Waals surface area contributed by atoms with Gasteiger partial charge in [0.05, 0.1) is 6.54 Å². The van der Waals surface area contributed by atoms with Gasteiger partial charge < -0.3 is 5.11 Å². The molecule has 5 heteroatoms. The molecule has 1 atom stereocenters. The van der Waals surface area contributed by atoms with Crippen LogP contribution in [0.15, 0.2) is 73.3 Å². The van der Waals surface area contributed by atoms with Crippen molar-refractivity contribution in [2.75, 3.05) is 0 Å². The zero-order valence-electron chi connectivity index (χ0n) is 13.2. The number of nitrogens with zero attached hydrogens (tertiary/aromatic N) is 3. The van der Waals surface area contributed by atoms with E-state index in [9.17, 15) is 9.90 Å². The number of aliphatic carboxylic acids is 1. The summed E-state index contributed by atoms with van der Waals surface area (Å²) in [5.41, 5.74) is 0.853. The Bertz CT molecular complexity index is 773. The molecule has 0 spiro atoms. The highest BCUT2D eigenvalue weighted by molar-refractivity contribution is 5.81. The maximum Gasteiger partial charge on any atom is 0.316 e. The minimum absolute atomic E-state index is 0.249. The van der Waals surface area contributed by atoms with Crippen LogP contribution in [-0.4, -0.2) is 25.8 Å². The van der Waals surface area contributed by atoms with Crippen LogP contribution in [0.25, 0.3) is 0 Å². The standard InChI is InChI=1S/C19H19N3O2/c23-18(24)19(13-22-15-20-14-21-22,17-9-5-2-6-10-17)12-11-16-7-3-1-4-8-16/h1-10,14-15H,11-13H2,(H,23,24). The molecule has 0 aliphatic heterocycles. The molecular formula is C19H19N3O2. The fourth-order valence-corrected chi connectivity index (χ4v) is 2.96. The number of aryl methyl sites for hydroxylation is 1. The third-order valence-electron chi connectivity index (χ3n) is 4.32. The van der Waals surface area contributed by atoms with Gasteiger partial charge >= 0.3 is 5.97 Å². The van der Waals surface area contributed by atoms with Crippen molar-refractivity contribution in [1.29, 1.82) is 0 Å². The van der Waals surface area contributed by atoms with Crippen LogP contribution < -0.4 is 0 Å².